The summed E-state index contributed by atoms with van der Waals surface area (Å²) in [6.45, 7) is 6.52. The molecular weight excluding hydrogens is 360 g/mol. The number of imide groups is 2. The summed E-state index contributed by atoms with van der Waals surface area (Å²) < 4.78 is 11.3. The third-order valence-corrected chi connectivity index (χ3v) is 4.40. The van der Waals surface area contributed by atoms with Crippen LogP contribution in [0.25, 0.3) is 16.8 Å². The van der Waals surface area contributed by atoms with Crippen molar-refractivity contribution in [2.24, 2.45) is 0 Å². The van der Waals surface area contributed by atoms with Crippen LogP contribution >= 0.6 is 0 Å². The molecule has 1 aliphatic rings. The second-order valence-corrected chi connectivity index (χ2v) is 6.09. The van der Waals surface area contributed by atoms with Crippen molar-refractivity contribution in [3.63, 3.8) is 0 Å². The monoisotopic (exact) mass is 382 g/mol. The number of hydrogen-bond donors (Lipinski definition) is 1. The zero-order valence-corrected chi connectivity index (χ0v) is 16.1. The lowest BCUT2D eigenvalue weighted by molar-refractivity contribution is -0.129. The van der Waals surface area contributed by atoms with Gasteiger partial charge in [0.05, 0.1) is 13.2 Å². The van der Waals surface area contributed by atoms with Gasteiger partial charge >= 0.3 is 6.03 Å². The molecule has 0 spiro atoms. The molecule has 146 valence electrons. The first-order valence-corrected chi connectivity index (χ1v) is 9.21. The standard InChI is InChI=1S/C21H22N2O5/c1-4-23-20(25)17(19(24)22-21(23)26)12-16-15-11-14(27-5-2)9-7-13(15)8-10-18(16)28-6-3/h7-12H,4-6H2,1-3H3,(H,22,24,26)/b17-12+. The molecule has 7 heteroatoms. The van der Waals surface area contributed by atoms with E-state index in [2.05, 4.69) is 5.32 Å². The van der Waals surface area contributed by atoms with Gasteiger partial charge in [-0.15, -0.1) is 0 Å². The van der Waals surface area contributed by atoms with Crippen LogP contribution in [0.3, 0.4) is 0 Å². The fourth-order valence-electron chi connectivity index (χ4n) is 3.11. The van der Waals surface area contributed by atoms with E-state index in [9.17, 15) is 14.4 Å². The summed E-state index contributed by atoms with van der Waals surface area (Å²) >= 11 is 0. The van der Waals surface area contributed by atoms with E-state index >= 15 is 0 Å². The third-order valence-electron chi connectivity index (χ3n) is 4.40. The van der Waals surface area contributed by atoms with Crippen LogP contribution in [0.4, 0.5) is 4.79 Å². The topological polar surface area (TPSA) is 84.9 Å². The zero-order chi connectivity index (χ0) is 20.3. The van der Waals surface area contributed by atoms with E-state index in [1.54, 1.807) is 13.0 Å². The van der Waals surface area contributed by atoms with Crippen molar-refractivity contribution in [3.05, 3.63) is 41.5 Å². The molecule has 0 bridgehead atoms. The largest absolute Gasteiger partial charge is 0.494 e. The number of hydrogen-bond acceptors (Lipinski definition) is 5. The third kappa shape index (κ3) is 3.55. The Labute approximate surface area is 162 Å². The molecule has 3 rings (SSSR count). The van der Waals surface area contributed by atoms with E-state index < -0.39 is 17.8 Å². The van der Waals surface area contributed by atoms with Gasteiger partial charge in [-0.05, 0) is 55.8 Å². The number of likely N-dealkylation sites (N-methyl/N-ethyl adjacent to an activating group) is 1. The number of ether oxygens (including phenoxy) is 2. The summed E-state index contributed by atoms with van der Waals surface area (Å²) in [5.74, 6) is -0.137. The minimum atomic E-state index is -0.722. The van der Waals surface area contributed by atoms with Crippen molar-refractivity contribution in [1.29, 1.82) is 0 Å². The van der Waals surface area contributed by atoms with Crippen LogP contribution in [0.1, 0.15) is 26.3 Å². The minimum Gasteiger partial charge on any atom is -0.494 e. The minimum absolute atomic E-state index is 0.114. The predicted molar refractivity (Wildman–Crippen MR) is 105 cm³/mol. The molecule has 0 saturated carbocycles. The number of barbiturate groups is 1. The van der Waals surface area contributed by atoms with Crippen molar-refractivity contribution in [1.82, 2.24) is 10.2 Å². The maximum absolute atomic E-state index is 12.7. The van der Waals surface area contributed by atoms with Gasteiger partial charge in [-0.2, -0.15) is 0 Å². The summed E-state index contributed by atoms with van der Waals surface area (Å²) in [7, 11) is 0. The lowest BCUT2D eigenvalue weighted by Gasteiger charge is -2.25. The number of urea groups is 1. The lowest BCUT2D eigenvalue weighted by atomic mass is 9.99. The number of nitrogens with zero attached hydrogens (tertiary/aromatic N) is 1. The predicted octanol–water partition coefficient (Wildman–Crippen LogP) is 3.12. The molecule has 2 aromatic carbocycles. The van der Waals surface area contributed by atoms with E-state index in [4.69, 9.17) is 9.47 Å². The fourth-order valence-corrected chi connectivity index (χ4v) is 3.11. The first-order chi connectivity index (χ1) is 13.5. The van der Waals surface area contributed by atoms with Gasteiger partial charge in [0, 0.05) is 12.1 Å². The van der Waals surface area contributed by atoms with Gasteiger partial charge in [0.2, 0.25) is 0 Å². The molecule has 1 aliphatic heterocycles. The smallest absolute Gasteiger partial charge is 0.331 e. The number of nitrogens with one attached hydrogen (secondary N) is 1. The van der Waals surface area contributed by atoms with Gasteiger partial charge in [0.15, 0.2) is 0 Å². The van der Waals surface area contributed by atoms with Gasteiger partial charge in [0.25, 0.3) is 11.8 Å². The number of benzene rings is 2. The van der Waals surface area contributed by atoms with E-state index in [1.165, 1.54) is 6.08 Å². The van der Waals surface area contributed by atoms with Crippen LogP contribution in [-0.4, -0.2) is 42.5 Å². The van der Waals surface area contributed by atoms with E-state index in [0.717, 1.165) is 15.7 Å². The molecule has 0 atom stereocenters. The average Bonchev–Trinajstić information content (AvgIpc) is 2.67. The molecule has 2 aromatic rings. The van der Waals surface area contributed by atoms with Crippen LogP contribution < -0.4 is 14.8 Å². The molecule has 1 N–H and O–H groups in total. The lowest BCUT2D eigenvalue weighted by Crippen LogP contribution is -2.53. The normalized spacial score (nSPS) is 15.9. The Morgan fingerprint density at radius 1 is 1.00 bits per heavy atom. The molecule has 0 unspecified atom stereocenters. The van der Waals surface area contributed by atoms with Crippen LogP contribution in [0, 0.1) is 0 Å². The molecule has 1 heterocycles. The van der Waals surface area contributed by atoms with Crippen LogP contribution in [0.15, 0.2) is 35.9 Å². The van der Waals surface area contributed by atoms with Crippen molar-refractivity contribution in [2.75, 3.05) is 19.8 Å². The zero-order valence-electron chi connectivity index (χ0n) is 16.1. The summed E-state index contributed by atoms with van der Waals surface area (Å²) in [6.07, 6.45) is 1.48. The number of carbonyl (C=O) groups excluding carboxylic acids is 3. The number of rotatable bonds is 6. The number of amides is 4. The second-order valence-electron chi connectivity index (χ2n) is 6.09. The number of fused-ring (bicyclic) bond motifs is 1. The summed E-state index contributed by atoms with van der Waals surface area (Å²) in [6, 6.07) is 8.61. The summed E-state index contributed by atoms with van der Waals surface area (Å²) in [4.78, 5) is 37.8. The first kappa shape index (κ1) is 19.4. The van der Waals surface area contributed by atoms with Crippen molar-refractivity contribution >= 4 is 34.7 Å². The highest BCUT2D eigenvalue weighted by atomic mass is 16.5. The molecule has 4 amide bonds. The Balaban J connectivity index is 2.21. The molecular formula is C21H22N2O5. The summed E-state index contributed by atoms with van der Waals surface area (Å²) in [5, 5.41) is 3.90. The average molecular weight is 382 g/mol. The Kier molecular flexibility index (Phi) is 5.63. The van der Waals surface area contributed by atoms with Gasteiger partial charge < -0.3 is 9.47 Å². The van der Waals surface area contributed by atoms with Crippen LogP contribution in [-0.2, 0) is 9.59 Å². The Bertz CT molecular complexity index is 975. The fraction of sp³-hybridized carbons (Fsp3) is 0.286. The SMILES string of the molecule is CCOc1ccc2ccc(OCC)c(/C=C3\C(=O)NC(=O)N(CC)C3=O)c2c1. The molecule has 1 saturated heterocycles. The van der Waals surface area contributed by atoms with Crippen molar-refractivity contribution in [2.45, 2.75) is 20.8 Å². The molecule has 0 aromatic heterocycles. The molecule has 28 heavy (non-hydrogen) atoms. The molecule has 1 fully saturated rings. The summed E-state index contributed by atoms with van der Waals surface area (Å²) in [5.41, 5.74) is 0.474. The van der Waals surface area contributed by atoms with E-state index in [-0.39, 0.29) is 12.1 Å². The number of carbonyl (C=O) groups is 3. The first-order valence-electron chi connectivity index (χ1n) is 9.21. The van der Waals surface area contributed by atoms with Gasteiger partial charge in [-0.3, -0.25) is 19.8 Å². The molecule has 7 nitrogen and oxygen atoms in total. The van der Waals surface area contributed by atoms with Gasteiger partial charge in [0.1, 0.15) is 17.1 Å². The Morgan fingerprint density at radius 3 is 2.39 bits per heavy atom. The van der Waals surface area contributed by atoms with Crippen molar-refractivity contribution in [3.8, 4) is 11.5 Å². The highest BCUT2D eigenvalue weighted by Gasteiger charge is 2.35. The molecule has 0 aliphatic carbocycles. The van der Waals surface area contributed by atoms with Crippen LogP contribution in [0.2, 0.25) is 0 Å². The highest BCUT2D eigenvalue weighted by molar-refractivity contribution is 6.31. The maximum Gasteiger partial charge on any atom is 0.331 e. The maximum atomic E-state index is 12.7. The van der Waals surface area contributed by atoms with Crippen LogP contribution in [0.5, 0.6) is 11.5 Å². The molecule has 0 radical (unpaired) electrons. The second kappa shape index (κ2) is 8.12. The van der Waals surface area contributed by atoms with E-state index in [0.29, 0.717) is 30.3 Å². The van der Waals surface area contributed by atoms with Crippen molar-refractivity contribution < 1.29 is 23.9 Å². The quantitative estimate of drug-likeness (QED) is 0.613. The highest BCUT2D eigenvalue weighted by Crippen LogP contribution is 2.33. The Morgan fingerprint density at radius 2 is 1.71 bits per heavy atom. The Hall–Kier alpha value is -3.35. The van der Waals surface area contributed by atoms with Gasteiger partial charge in [-0.1, -0.05) is 12.1 Å². The van der Waals surface area contributed by atoms with Gasteiger partial charge in [-0.25, -0.2) is 4.79 Å². The van der Waals surface area contributed by atoms with E-state index in [1.807, 2.05) is 38.1 Å².